The molecule has 0 rings (SSSR count). The Kier molecular flexibility index (Phi) is 10.4. The number of rotatable bonds is 10. The van der Waals surface area contributed by atoms with Crippen LogP contribution in [-0.2, 0) is 19.1 Å². The molecule has 0 aliphatic rings. The van der Waals surface area contributed by atoms with Gasteiger partial charge in [0, 0.05) is 13.1 Å². The molecule has 0 aliphatic heterocycles. The van der Waals surface area contributed by atoms with Gasteiger partial charge < -0.3 is 20.1 Å². The van der Waals surface area contributed by atoms with Crippen LogP contribution < -0.4 is 10.6 Å². The third kappa shape index (κ3) is 12.2. The van der Waals surface area contributed by atoms with E-state index in [-0.39, 0.29) is 52.0 Å². The molecule has 26 heavy (non-hydrogen) atoms. The van der Waals surface area contributed by atoms with Gasteiger partial charge in [0.05, 0.1) is 13.2 Å². The van der Waals surface area contributed by atoms with Crippen LogP contribution in [0.5, 0.6) is 0 Å². The van der Waals surface area contributed by atoms with Crippen LogP contribution in [0.25, 0.3) is 0 Å². The van der Waals surface area contributed by atoms with Gasteiger partial charge in [-0.3, -0.25) is 9.59 Å². The molecule has 0 heterocycles. The number of hydrogen-bond acceptors (Lipinski definition) is 5. The number of amides is 2. The monoisotopic (exact) mass is 396 g/mol. The fourth-order valence-corrected chi connectivity index (χ4v) is 1.41. The topological polar surface area (TPSA) is 93.7 Å². The highest BCUT2D eigenvalue weighted by Crippen LogP contribution is 2.14. The molecule has 0 saturated heterocycles. The summed E-state index contributed by atoms with van der Waals surface area (Å²) in [5.74, 6) is -4.10. The molecule has 0 unspecified atom stereocenters. The van der Waals surface area contributed by atoms with Gasteiger partial charge in [0.1, 0.15) is 0 Å². The Labute approximate surface area is 144 Å². The van der Waals surface area contributed by atoms with Crippen molar-refractivity contribution in [2.45, 2.75) is 38.0 Å². The number of carbonyl (C=O) groups excluding carboxylic acids is 3. The molecule has 0 atom stereocenters. The molecule has 0 bridgehead atoms. The maximum atomic E-state index is 11.8. The summed E-state index contributed by atoms with van der Waals surface area (Å²) in [5.41, 5.74) is 0. The summed E-state index contributed by atoms with van der Waals surface area (Å²) in [6, 6.07) is 0. The van der Waals surface area contributed by atoms with E-state index in [0.29, 0.717) is 0 Å². The van der Waals surface area contributed by atoms with Crippen LogP contribution in [0.2, 0.25) is 0 Å². The highest BCUT2D eigenvalue weighted by molar-refractivity contribution is 5.81. The molecule has 0 aliphatic carbocycles. The SMILES string of the molecule is O=C(OCCCCNC(=O)C(F)(F)F)OCCCCNC(=O)C(F)(F)F. The van der Waals surface area contributed by atoms with Gasteiger partial charge in [0.15, 0.2) is 0 Å². The number of alkyl halides is 6. The first-order valence-corrected chi connectivity index (χ1v) is 7.44. The average molecular weight is 396 g/mol. The summed E-state index contributed by atoms with van der Waals surface area (Å²) in [6.45, 7) is -0.745. The van der Waals surface area contributed by atoms with Crippen molar-refractivity contribution >= 4 is 18.0 Å². The number of unbranched alkanes of at least 4 members (excludes halogenated alkanes) is 2. The van der Waals surface area contributed by atoms with Gasteiger partial charge in [-0.25, -0.2) is 4.79 Å². The predicted molar refractivity (Wildman–Crippen MR) is 73.9 cm³/mol. The van der Waals surface area contributed by atoms with E-state index in [1.54, 1.807) is 10.6 Å². The van der Waals surface area contributed by atoms with E-state index >= 15 is 0 Å². The minimum Gasteiger partial charge on any atom is -0.434 e. The molecule has 2 N–H and O–H groups in total. The van der Waals surface area contributed by atoms with Crippen LogP contribution >= 0.6 is 0 Å². The standard InChI is InChI=1S/C13H18F6N2O5/c14-12(15,16)9(22)20-5-1-3-7-25-11(24)26-8-4-2-6-21-10(23)13(17,18)19/h1-8H2,(H,20,22)(H,21,23). The molecular formula is C13H18F6N2O5. The van der Waals surface area contributed by atoms with E-state index in [0.717, 1.165) is 0 Å². The molecule has 13 heteroatoms. The zero-order valence-corrected chi connectivity index (χ0v) is 13.5. The summed E-state index contributed by atoms with van der Waals surface area (Å²) >= 11 is 0. The highest BCUT2D eigenvalue weighted by atomic mass is 19.4. The fraction of sp³-hybridized carbons (Fsp3) is 0.769. The normalized spacial score (nSPS) is 11.6. The average Bonchev–Trinajstić information content (AvgIpc) is 2.51. The minimum atomic E-state index is -4.95. The third-order valence-electron chi connectivity index (χ3n) is 2.67. The Balaban J connectivity index is 3.51. The van der Waals surface area contributed by atoms with Crippen LogP contribution in [-0.4, -0.2) is 56.6 Å². The molecule has 0 radical (unpaired) electrons. The predicted octanol–water partition coefficient (Wildman–Crippen LogP) is 2.06. The lowest BCUT2D eigenvalue weighted by atomic mass is 10.3. The first-order chi connectivity index (χ1) is 11.9. The second kappa shape index (κ2) is 11.4. The lowest BCUT2D eigenvalue weighted by Gasteiger charge is -2.09. The second-order valence-electron chi connectivity index (χ2n) is 4.87. The molecule has 0 saturated carbocycles. The van der Waals surface area contributed by atoms with Crippen LogP contribution in [0.4, 0.5) is 31.1 Å². The van der Waals surface area contributed by atoms with Gasteiger partial charge in [-0.2, -0.15) is 26.3 Å². The van der Waals surface area contributed by atoms with Crippen molar-refractivity contribution in [1.82, 2.24) is 10.6 Å². The van der Waals surface area contributed by atoms with Crippen molar-refractivity contribution in [3.63, 3.8) is 0 Å². The Morgan fingerprint density at radius 2 is 1.00 bits per heavy atom. The molecule has 2 amide bonds. The van der Waals surface area contributed by atoms with E-state index in [9.17, 15) is 40.7 Å². The Hall–Kier alpha value is -2.21. The maximum Gasteiger partial charge on any atom is 0.508 e. The zero-order valence-electron chi connectivity index (χ0n) is 13.5. The molecule has 7 nitrogen and oxygen atoms in total. The highest BCUT2D eigenvalue weighted by Gasteiger charge is 2.38. The Morgan fingerprint density at radius 1 is 0.654 bits per heavy atom. The third-order valence-corrected chi connectivity index (χ3v) is 2.67. The van der Waals surface area contributed by atoms with E-state index in [2.05, 4.69) is 9.47 Å². The summed E-state index contributed by atoms with van der Waals surface area (Å²) < 4.78 is 80.3. The summed E-state index contributed by atoms with van der Waals surface area (Å²) in [5, 5.41) is 3.29. The fourth-order valence-electron chi connectivity index (χ4n) is 1.41. The molecule has 152 valence electrons. The summed E-state index contributed by atoms with van der Waals surface area (Å²) in [7, 11) is 0. The number of ether oxygens (including phenoxy) is 2. The largest absolute Gasteiger partial charge is 0.508 e. The van der Waals surface area contributed by atoms with Crippen molar-refractivity contribution in [2.75, 3.05) is 26.3 Å². The van der Waals surface area contributed by atoms with Gasteiger partial charge in [-0.05, 0) is 25.7 Å². The second-order valence-corrected chi connectivity index (χ2v) is 4.87. The van der Waals surface area contributed by atoms with Crippen LogP contribution in [0, 0.1) is 0 Å². The maximum absolute atomic E-state index is 11.8. The Bertz CT molecular complexity index is 427. The Morgan fingerprint density at radius 3 is 1.31 bits per heavy atom. The van der Waals surface area contributed by atoms with Gasteiger partial charge in [0.25, 0.3) is 0 Å². The zero-order chi connectivity index (χ0) is 20.2. The smallest absolute Gasteiger partial charge is 0.434 e. The van der Waals surface area contributed by atoms with Crippen molar-refractivity contribution in [3.8, 4) is 0 Å². The van der Waals surface area contributed by atoms with Crippen molar-refractivity contribution in [1.29, 1.82) is 0 Å². The summed E-state index contributed by atoms with van der Waals surface area (Å²) in [6.07, 6.45) is -10.3. The van der Waals surface area contributed by atoms with E-state index < -0.39 is 30.3 Å². The quantitative estimate of drug-likeness (QED) is 0.335. The van der Waals surface area contributed by atoms with Crippen LogP contribution in [0.3, 0.4) is 0 Å². The van der Waals surface area contributed by atoms with Gasteiger partial charge in [-0.15, -0.1) is 0 Å². The van der Waals surface area contributed by atoms with Crippen LogP contribution in [0.1, 0.15) is 25.7 Å². The minimum absolute atomic E-state index is 0.137. The van der Waals surface area contributed by atoms with Crippen LogP contribution in [0.15, 0.2) is 0 Å². The van der Waals surface area contributed by atoms with Crippen molar-refractivity contribution in [2.24, 2.45) is 0 Å². The van der Waals surface area contributed by atoms with E-state index in [1.807, 2.05) is 0 Å². The molecule has 0 fully saturated rings. The molecule has 0 aromatic rings. The van der Waals surface area contributed by atoms with Crippen molar-refractivity contribution < 1.29 is 50.2 Å². The molecule has 0 spiro atoms. The van der Waals surface area contributed by atoms with Crippen molar-refractivity contribution in [3.05, 3.63) is 0 Å². The first-order valence-electron chi connectivity index (χ1n) is 7.44. The molecular weight excluding hydrogens is 378 g/mol. The van der Waals surface area contributed by atoms with E-state index in [1.165, 1.54) is 0 Å². The molecule has 0 aromatic heterocycles. The van der Waals surface area contributed by atoms with Gasteiger partial charge in [-0.1, -0.05) is 0 Å². The number of nitrogens with one attached hydrogen (secondary N) is 2. The number of carbonyl (C=O) groups is 3. The lowest BCUT2D eigenvalue weighted by molar-refractivity contribution is -0.173. The first kappa shape index (κ1) is 23.8. The van der Waals surface area contributed by atoms with E-state index in [4.69, 9.17) is 0 Å². The number of halogens is 6. The van der Waals surface area contributed by atoms with Gasteiger partial charge >= 0.3 is 30.3 Å². The summed E-state index contributed by atoms with van der Waals surface area (Å²) in [4.78, 5) is 32.0. The lowest BCUT2D eigenvalue weighted by Crippen LogP contribution is -2.37. The number of hydrogen-bond donors (Lipinski definition) is 2. The molecule has 0 aromatic carbocycles. The van der Waals surface area contributed by atoms with Gasteiger partial charge in [0.2, 0.25) is 0 Å².